The molecule has 1 heterocycles. The third-order valence-corrected chi connectivity index (χ3v) is 7.40. The van der Waals surface area contributed by atoms with E-state index in [2.05, 4.69) is 20.8 Å². The molecule has 6 heteroatoms. The molecule has 3 amide bonds. The van der Waals surface area contributed by atoms with Crippen LogP contribution in [-0.4, -0.2) is 42.0 Å². The minimum Gasteiger partial charge on any atom is -0.460 e. The van der Waals surface area contributed by atoms with E-state index in [1.165, 1.54) is 11.3 Å². The number of carbonyl (C=O) groups is 3. The molecule has 1 aliphatic heterocycles. The monoisotopic (exact) mass is 370 g/mol. The Morgan fingerprint density at radius 1 is 1.19 bits per heavy atom. The van der Waals surface area contributed by atoms with E-state index in [0.29, 0.717) is 11.6 Å². The van der Waals surface area contributed by atoms with Crippen molar-refractivity contribution in [1.29, 1.82) is 0 Å². The van der Waals surface area contributed by atoms with Gasteiger partial charge in [0.2, 0.25) is 0 Å². The lowest BCUT2D eigenvalue weighted by atomic mass is 9.70. The van der Waals surface area contributed by atoms with Crippen LogP contribution in [0.25, 0.3) is 0 Å². The molecule has 3 fully saturated rings. The second kappa shape index (κ2) is 6.08. The number of para-hydroxylation sites is 1. The molecule has 6 nitrogen and oxygen atoms in total. The van der Waals surface area contributed by atoms with Crippen LogP contribution < -0.4 is 4.90 Å². The van der Waals surface area contributed by atoms with Gasteiger partial charge < -0.3 is 4.74 Å². The van der Waals surface area contributed by atoms with Crippen molar-refractivity contribution in [3.8, 4) is 0 Å². The Kier molecular flexibility index (Phi) is 4.05. The molecule has 3 atom stereocenters. The standard InChI is InChI=1S/C21H26N2O4/c1-20(2)14-9-10-21(20,3)16(11-14)27-18(25)13-23-17(24)12-22(19(23)26)15-7-5-4-6-8-15/h4-8,14,16H,9-13H2,1-3H3/t14-,16+,21+/m0/s1. The fraction of sp³-hybridized carbons (Fsp3) is 0.571. The Morgan fingerprint density at radius 2 is 1.89 bits per heavy atom. The molecular formula is C21H26N2O4. The maximum Gasteiger partial charge on any atom is 0.332 e. The maximum absolute atomic E-state index is 12.6. The molecule has 4 rings (SSSR count). The lowest BCUT2D eigenvalue weighted by Crippen LogP contribution is -2.42. The summed E-state index contributed by atoms with van der Waals surface area (Å²) in [5, 5.41) is 0. The lowest BCUT2D eigenvalue weighted by Gasteiger charge is -2.38. The summed E-state index contributed by atoms with van der Waals surface area (Å²) in [6.07, 6.45) is 2.95. The number of ether oxygens (including phenoxy) is 1. The van der Waals surface area contributed by atoms with E-state index in [9.17, 15) is 14.4 Å². The fourth-order valence-electron chi connectivity index (χ4n) is 5.14. The Hall–Kier alpha value is -2.37. The molecule has 1 saturated heterocycles. The van der Waals surface area contributed by atoms with Crippen molar-refractivity contribution in [2.75, 3.05) is 18.0 Å². The maximum atomic E-state index is 12.6. The minimum absolute atomic E-state index is 0.0393. The summed E-state index contributed by atoms with van der Waals surface area (Å²) >= 11 is 0. The van der Waals surface area contributed by atoms with Crippen molar-refractivity contribution in [3.63, 3.8) is 0 Å². The predicted molar refractivity (Wildman–Crippen MR) is 100 cm³/mol. The van der Waals surface area contributed by atoms with Crippen LogP contribution in [-0.2, 0) is 14.3 Å². The molecule has 3 aliphatic rings. The summed E-state index contributed by atoms with van der Waals surface area (Å²) in [6, 6.07) is 8.53. The van der Waals surface area contributed by atoms with Crippen molar-refractivity contribution in [1.82, 2.24) is 4.90 Å². The first-order valence-corrected chi connectivity index (χ1v) is 9.60. The normalized spacial score (nSPS) is 31.7. The number of fused-ring (bicyclic) bond motifs is 2. The summed E-state index contributed by atoms with van der Waals surface area (Å²) in [6.45, 7) is 6.33. The Morgan fingerprint density at radius 3 is 2.48 bits per heavy atom. The molecule has 0 radical (unpaired) electrons. The van der Waals surface area contributed by atoms with Crippen LogP contribution in [0.1, 0.15) is 40.0 Å². The van der Waals surface area contributed by atoms with Crippen molar-refractivity contribution < 1.29 is 19.1 Å². The van der Waals surface area contributed by atoms with Crippen molar-refractivity contribution in [2.24, 2.45) is 16.7 Å². The summed E-state index contributed by atoms with van der Waals surface area (Å²) < 4.78 is 5.78. The summed E-state index contributed by atoms with van der Waals surface area (Å²) in [5.41, 5.74) is 0.748. The number of hydrogen-bond acceptors (Lipinski definition) is 4. The topological polar surface area (TPSA) is 66.9 Å². The van der Waals surface area contributed by atoms with Crippen LogP contribution >= 0.6 is 0 Å². The molecule has 2 bridgehead atoms. The number of anilines is 1. The highest BCUT2D eigenvalue weighted by molar-refractivity contribution is 6.13. The highest BCUT2D eigenvalue weighted by Crippen LogP contribution is 2.66. The first-order chi connectivity index (χ1) is 12.7. The van der Waals surface area contributed by atoms with Gasteiger partial charge in [0.25, 0.3) is 5.91 Å². The number of urea groups is 1. The number of hydrogen-bond donors (Lipinski definition) is 0. The average Bonchev–Trinajstić information content (AvgIpc) is 3.11. The van der Waals surface area contributed by atoms with Gasteiger partial charge in [0, 0.05) is 11.1 Å². The third kappa shape index (κ3) is 2.65. The van der Waals surface area contributed by atoms with Gasteiger partial charge in [-0.15, -0.1) is 0 Å². The van der Waals surface area contributed by atoms with Gasteiger partial charge in [-0.25, -0.2) is 4.79 Å². The van der Waals surface area contributed by atoms with E-state index >= 15 is 0 Å². The van der Waals surface area contributed by atoms with Crippen LogP contribution in [0.15, 0.2) is 30.3 Å². The highest BCUT2D eigenvalue weighted by Gasteiger charge is 2.63. The van der Waals surface area contributed by atoms with E-state index < -0.39 is 12.0 Å². The second-order valence-electron chi connectivity index (χ2n) is 8.77. The zero-order valence-corrected chi connectivity index (χ0v) is 16.1. The predicted octanol–water partition coefficient (Wildman–Crippen LogP) is 3.21. The Balaban J connectivity index is 1.42. The number of benzene rings is 1. The van der Waals surface area contributed by atoms with Crippen LogP contribution in [0.4, 0.5) is 10.5 Å². The summed E-state index contributed by atoms with van der Waals surface area (Å²) in [5.74, 6) is -0.314. The van der Waals surface area contributed by atoms with Crippen LogP contribution in [0.5, 0.6) is 0 Å². The minimum atomic E-state index is -0.499. The fourth-order valence-corrected chi connectivity index (χ4v) is 5.14. The Labute approximate surface area is 159 Å². The number of amides is 3. The zero-order valence-electron chi connectivity index (χ0n) is 16.1. The van der Waals surface area contributed by atoms with E-state index in [-0.39, 0.29) is 35.9 Å². The first-order valence-electron chi connectivity index (χ1n) is 9.60. The van der Waals surface area contributed by atoms with Gasteiger partial charge in [0.05, 0.1) is 0 Å². The van der Waals surface area contributed by atoms with Gasteiger partial charge in [-0.1, -0.05) is 39.0 Å². The summed E-state index contributed by atoms with van der Waals surface area (Å²) in [7, 11) is 0. The van der Waals surface area contributed by atoms with E-state index in [0.717, 1.165) is 17.7 Å². The molecule has 0 N–H and O–H groups in total. The molecule has 144 valence electrons. The first kappa shape index (κ1) is 18.0. The Bertz CT molecular complexity index is 791. The average molecular weight is 370 g/mol. The smallest absolute Gasteiger partial charge is 0.332 e. The number of carbonyl (C=O) groups excluding carboxylic acids is 3. The van der Waals surface area contributed by atoms with Crippen molar-refractivity contribution >= 4 is 23.6 Å². The largest absolute Gasteiger partial charge is 0.460 e. The van der Waals surface area contributed by atoms with Gasteiger partial charge >= 0.3 is 12.0 Å². The molecule has 2 saturated carbocycles. The van der Waals surface area contributed by atoms with Gasteiger partial charge in [-0.3, -0.25) is 19.4 Å². The lowest BCUT2D eigenvalue weighted by molar-refractivity contribution is -0.158. The number of esters is 1. The van der Waals surface area contributed by atoms with Gasteiger partial charge in [0.15, 0.2) is 0 Å². The molecule has 0 unspecified atom stereocenters. The van der Waals surface area contributed by atoms with Crippen molar-refractivity contribution in [3.05, 3.63) is 30.3 Å². The van der Waals surface area contributed by atoms with Crippen LogP contribution in [0.3, 0.4) is 0 Å². The number of rotatable bonds is 4. The number of nitrogens with zero attached hydrogens (tertiary/aromatic N) is 2. The molecule has 2 aliphatic carbocycles. The second-order valence-corrected chi connectivity index (χ2v) is 8.77. The highest BCUT2D eigenvalue weighted by atomic mass is 16.5. The third-order valence-electron chi connectivity index (χ3n) is 7.40. The van der Waals surface area contributed by atoms with E-state index in [1.54, 1.807) is 12.1 Å². The zero-order chi connectivity index (χ0) is 19.4. The molecular weight excluding hydrogens is 344 g/mol. The molecule has 1 aromatic rings. The van der Waals surface area contributed by atoms with Crippen molar-refractivity contribution in [2.45, 2.75) is 46.1 Å². The quantitative estimate of drug-likeness (QED) is 0.603. The molecule has 0 aromatic heterocycles. The van der Waals surface area contributed by atoms with Gasteiger partial charge in [-0.2, -0.15) is 0 Å². The van der Waals surface area contributed by atoms with Crippen LogP contribution in [0.2, 0.25) is 0 Å². The van der Waals surface area contributed by atoms with Gasteiger partial charge in [0.1, 0.15) is 19.2 Å². The number of imide groups is 1. The van der Waals surface area contributed by atoms with Crippen LogP contribution in [0, 0.1) is 16.7 Å². The van der Waals surface area contributed by atoms with E-state index in [1.807, 2.05) is 18.2 Å². The molecule has 0 spiro atoms. The summed E-state index contributed by atoms with van der Waals surface area (Å²) in [4.78, 5) is 39.8. The van der Waals surface area contributed by atoms with Gasteiger partial charge in [-0.05, 0) is 42.7 Å². The SMILES string of the molecule is CC1(C)[C@H]2CC[C@]1(C)[C@H](OC(=O)CN1C(=O)CN(c3ccccc3)C1=O)C2. The van der Waals surface area contributed by atoms with E-state index in [4.69, 9.17) is 4.74 Å². The molecule has 1 aromatic carbocycles. The molecule has 27 heavy (non-hydrogen) atoms.